The highest BCUT2D eigenvalue weighted by Gasteiger charge is 2.38. The van der Waals surface area contributed by atoms with Gasteiger partial charge in [-0.05, 0) is 25.0 Å². The lowest BCUT2D eigenvalue weighted by Crippen LogP contribution is -2.35. The van der Waals surface area contributed by atoms with Gasteiger partial charge in [0.15, 0.2) is 0 Å². The van der Waals surface area contributed by atoms with E-state index in [1.165, 1.54) is 17.0 Å². The third kappa shape index (κ3) is 5.03. The first-order chi connectivity index (χ1) is 9.89. The summed E-state index contributed by atoms with van der Waals surface area (Å²) in [6.45, 7) is -0.878. The van der Waals surface area contributed by atoms with E-state index >= 15 is 0 Å². The van der Waals surface area contributed by atoms with Crippen LogP contribution >= 0.6 is 0 Å². The Morgan fingerprint density at radius 2 is 2.00 bits per heavy atom. The molecular weight excluding hydrogens is 284 g/mol. The third-order valence-electron chi connectivity index (χ3n) is 3.21. The Morgan fingerprint density at radius 1 is 1.29 bits per heavy atom. The van der Waals surface area contributed by atoms with Gasteiger partial charge in [-0.25, -0.2) is 4.39 Å². The van der Waals surface area contributed by atoms with E-state index in [9.17, 15) is 17.6 Å². The smallest absolute Gasteiger partial charge is 0.320 e. The van der Waals surface area contributed by atoms with Crippen LogP contribution < -0.4 is 5.73 Å². The molecular formula is C15H16F4N2. The molecule has 1 aromatic carbocycles. The molecule has 1 aliphatic carbocycles. The Labute approximate surface area is 120 Å². The number of hydrogen-bond donors (Lipinski definition) is 1. The van der Waals surface area contributed by atoms with E-state index in [1.54, 1.807) is 6.07 Å². The first kappa shape index (κ1) is 15.8. The Hall–Kier alpha value is -1.58. The molecule has 0 radical (unpaired) electrons. The van der Waals surface area contributed by atoms with Crippen LogP contribution in [0, 0.1) is 17.7 Å². The summed E-state index contributed by atoms with van der Waals surface area (Å²) in [4.78, 5) is 1.28. The molecule has 0 saturated heterocycles. The van der Waals surface area contributed by atoms with E-state index < -0.39 is 18.5 Å². The maximum atomic E-state index is 13.9. The molecule has 0 amide bonds. The van der Waals surface area contributed by atoms with Crippen molar-refractivity contribution in [2.45, 2.75) is 31.6 Å². The predicted octanol–water partition coefficient (Wildman–Crippen LogP) is 2.66. The topological polar surface area (TPSA) is 29.3 Å². The van der Waals surface area contributed by atoms with Gasteiger partial charge < -0.3 is 5.73 Å². The van der Waals surface area contributed by atoms with Gasteiger partial charge in [-0.15, -0.1) is 0 Å². The van der Waals surface area contributed by atoms with Crippen LogP contribution in [0.25, 0.3) is 0 Å². The number of rotatable bonds is 4. The molecule has 0 spiro atoms. The molecule has 2 rings (SSSR count). The average molecular weight is 300 g/mol. The Bertz CT molecular complexity index is 553. The van der Waals surface area contributed by atoms with Crippen LogP contribution in [-0.2, 0) is 6.54 Å². The van der Waals surface area contributed by atoms with Crippen molar-refractivity contribution in [3.8, 4) is 11.8 Å². The van der Waals surface area contributed by atoms with Crippen molar-refractivity contribution in [2.75, 3.05) is 13.1 Å². The second kappa shape index (κ2) is 6.46. The summed E-state index contributed by atoms with van der Waals surface area (Å²) in [6.07, 6.45) is -2.80. The zero-order valence-electron chi connectivity index (χ0n) is 11.4. The number of nitrogens with two attached hydrogens (primary N) is 1. The third-order valence-corrected chi connectivity index (χ3v) is 3.21. The molecule has 0 aliphatic heterocycles. The second-order valence-corrected chi connectivity index (χ2v) is 5.06. The van der Waals surface area contributed by atoms with Crippen LogP contribution in [0.4, 0.5) is 17.6 Å². The van der Waals surface area contributed by atoms with Gasteiger partial charge in [-0.1, -0.05) is 17.9 Å². The molecule has 6 heteroatoms. The Morgan fingerprint density at radius 3 is 2.52 bits per heavy atom. The van der Waals surface area contributed by atoms with Gasteiger partial charge >= 0.3 is 6.18 Å². The van der Waals surface area contributed by atoms with Gasteiger partial charge in [0.2, 0.25) is 0 Å². The molecule has 2 nitrogen and oxygen atoms in total. The first-order valence-electron chi connectivity index (χ1n) is 6.67. The van der Waals surface area contributed by atoms with Gasteiger partial charge in [-0.3, -0.25) is 4.90 Å². The van der Waals surface area contributed by atoms with Crippen molar-refractivity contribution in [1.82, 2.24) is 4.90 Å². The van der Waals surface area contributed by atoms with Crippen molar-refractivity contribution >= 4 is 0 Å². The quantitative estimate of drug-likeness (QED) is 0.684. The molecule has 1 aromatic rings. The highest BCUT2D eigenvalue weighted by Crippen LogP contribution is 2.31. The van der Waals surface area contributed by atoms with Gasteiger partial charge in [-0.2, -0.15) is 13.2 Å². The van der Waals surface area contributed by atoms with Crippen LogP contribution in [-0.4, -0.2) is 30.2 Å². The highest BCUT2D eigenvalue weighted by molar-refractivity contribution is 5.37. The molecule has 1 fully saturated rings. The van der Waals surface area contributed by atoms with Crippen LogP contribution in [0.5, 0.6) is 0 Å². The summed E-state index contributed by atoms with van der Waals surface area (Å²) in [5.74, 6) is 4.76. The van der Waals surface area contributed by atoms with Crippen molar-refractivity contribution in [3.63, 3.8) is 0 Å². The monoisotopic (exact) mass is 300 g/mol. The fraction of sp³-hybridized carbons (Fsp3) is 0.467. The van der Waals surface area contributed by atoms with Crippen LogP contribution in [0.1, 0.15) is 24.0 Å². The van der Waals surface area contributed by atoms with E-state index in [2.05, 4.69) is 11.8 Å². The van der Waals surface area contributed by atoms with E-state index in [-0.39, 0.29) is 24.7 Å². The zero-order chi connectivity index (χ0) is 15.5. The maximum absolute atomic E-state index is 13.9. The van der Waals surface area contributed by atoms with Gasteiger partial charge in [0, 0.05) is 23.7 Å². The second-order valence-electron chi connectivity index (χ2n) is 5.06. The molecule has 114 valence electrons. The Kier molecular flexibility index (Phi) is 4.86. The standard InChI is InChI=1S/C15H16F4N2/c16-14-8-11(2-1-7-20)3-4-12(14)9-21(13-5-6-13)10-15(17,18)19/h3-4,8,13H,5-7,9-10,20H2. The lowest BCUT2D eigenvalue weighted by Gasteiger charge is -2.23. The molecule has 0 unspecified atom stereocenters. The van der Waals surface area contributed by atoms with Crippen molar-refractivity contribution in [2.24, 2.45) is 5.73 Å². The molecule has 2 N–H and O–H groups in total. The molecule has 21 heavy (non-hydrogen) atoms. The van der Waals surface area contributed by atoms with Gasteiger partial charge in [0.05, 0.1) is 13.1 Å². The lowest BCUT2D eigenvalue weighted by atomic mass is 10.1. The summed E-state index contributed by atoms with van der Waals surface area (Å²) in [5.41, 5.74) is 5.95. The molecule has 1 saturated carbocycles. The lowest BCUT2D eigenvalue weighted by molar-refractivity contribution is -0.148. The molecule has 0 bridgehead atoms. The number of alkyl halides is 3. The maximum Gasteiger partial charge on any atom is 0.401 e. The van der Waals surface area contributed by atoms with E-state index in [1.807, 2.05) is 0 Å². The average Bonchev–Trinajstić information content (AvgIpc) is 3.21. The normalized spacial score (nSPS) is 15.0. The molecule has 0 heterocycles. The van der Waals surface area contributed by atoms with Crippen LogP contribution in [0.15, 0.2) is 18.2 Å². The van der Waals surface area contributed by atoms with Crippen molar-refractivity contribution in [1.29, 1.82) is 0 Å². The number of benzene rings is 1. The van der Waals surface area contributed by atoms with Gasteiger partial charge in [0.25, 0.3) is 0 Å². The molecule has 0 aromatic heterocycles. The molecule has 0 atom stereocenters. The van der Waals surface area contributed by atoms with Gasteiger partial charge in [0.1, 0.15) is 5.82 Å². The summed E-state index contributed by atoms with van der Waals surface area (Å²) < 4.78 is 51.6. The van der Waals surface area contributed by atoms with Crippen LogP contribution in [0.2, 0.25) is 0 Å². The summed E-state index contributed by atoms with van der Waals surface area (Å²) >= 11 is 0. The fourth-order valence-electron chi connectivity index (χ4n) is 2.11. The fourth-order valence-corrected chi connectivity index (χ4v) is 2.11. The summed E-state index contributed by atoms with van der Waals surface area (Å²) in [5, 5.41) is 0. The minimum absolute atomic E-state index is 0.0411. The van der Waals surface area contributed by atoms with E-state index in [4.69, 9.17) is 5.73 Å². The minimum atomic E-state index is -4.27. The van der Waals surface area contributed by atoms with Crippen molar-refractivity contribution < 1.29 is 17.6 Å². The number of nitrogens with zero attached hydrogens (tertiary/aromatic N) is 1. The summed E-state index contributed by atoms with van der Waals surface area (Å²) in [6, 6.07) is 4.22. The van der Waals surface area contributed by atoms with Crippen molar-refractivity contribution in [3.05, 3.63) is 35.1 Å². The zero-order valence-corrected chi connectivity index (χ0v) is 11.4. The first-order valence-corrected chi connectivity index (χ1v) is 6.67. The van der Waals surface area contributed by atoms with E-state index in [0.29, 0.717) is 5.56 Å². The highest BCUT2D eigenvalue weighted by atomic mass is 19.4. The predicted molar refractivity (Wildman–Crippen MR) is 71.8 cm³/mol. The minimum Gasteiger partial charge on any atom is -0.320 e. The number of halogens is 4. The number of hydrogen-bond acceptors (Lipinski definition) is 2. The van der Waals surface area contributed by atoms with Crippen LogP contribution in [0.3, 0.4) is 0 Å². The SMILES string of the molecule is NCC#Cc1ccc(CN(CC(F)(F)F)C2CC2)c(F)c1. The largest absolute Gasteiger partial charge is 0.401 e. The molecule has 1 aliphatic rings. The van der Waals surface area contributed by atoms with E-state index in [0.717, 1.165) is 12.8 Å². The summed E-state index contributed by atoms with van der Waals surface area (Å²) in [7, 11) is 0. The Balaban J connectivity index is 2.10.